The van der Waals surface area contributed by atoms with E-state index in [2.05, 4.69) is 15.5 Å². The zero-order valence-corrected chi connectivity index (χ0v) is 18.9. The standard InChI is InChI=1S/C25H21FN4O3S/c26-18-9-7-17(8-10-18)24-28-29-25(30(24)20-5-2-1-3-6-20)34-16-23(31)27-19-11-12-21-22(15-19)33-14-4-13-32-21/h1-3,5-12,15H,4,13-14,16H2,(H,27,31). The molecule has 1 aliphatic rings. The zero-order chi connectivity index (χ0) is 23.3. The molecule has 9 heteroatoms. The van der Waals surface area contributed by atoms with Crippen LogP contribution in [0.5, 0.6) is 11.5 Å². The Bertz CT molecular complexity index is 1300. The monoisotopic (exact) mass is 476 g/mol. The lowest BCUT2D eigenvalue weighted by molar-refractivity contribution is -0.113. The third kappa shape index (κ3) is 4.89. The number of anilines is 1. The first-order valence-corrected chi connectivity index (χ1v) is 11.7. The van der Waals surface area contributed by atoms with Crippen molar-refractivity contribution in [1.82, 2.24) is 14.8 Å². The lowest BCUT2D eigenvalue weighted by atomic mass is 10.2. The summed E-state index contributed by atoms with van der Waals surface area (Å²) < 4.78 is 26.6. The van der Waals surface area contributed by atoms with Gasteiger partial charge in [0, 0.05) is 29.4 Å². The van der Waals surface area contributed by atoms with E-state index >= 15 is 0 Å². The number of para-hydroxylation sites is 1. The van der Waals surface area contributed by atoms with Crippen LogP contribution in [0.1, 0.15) is 6.42 Å². The number of nitrogens with zero attached hydrogens (tertiary/aromatic N) is 3. The fourth-order valence-electron chi connectivity index (χ4n) is 3.53. The second kappa shape index (κ2) is 9.96. The molecule has 1 N–H and O–H groups in total. The van der Waals surface area contributed by atoms with E-state index in [0.717, 1.165) is 17.7 Å². The molecule has 1 amide bonds. The van der Waals surface area contributed by atoms with Gasteiger partial charge in [-0.3, -0.25) is 9.36 Å². The quantitative estimate of drug-likeness (QED) is 0.396. The van der Waals surface area contributed by atoms with Gasteiger partial charge in [-0.2, -0.15) is 0 Å². The second-order valence-electron chi connectivity index (χ2n) is 7.53. The average Bonchev–Trinajstić information content (AvgIpc) is 3.14. The molecule has 3 aromatic carbocycles. The van der Waals surface area contributed by atoms with Crippen molar-refractivity contribution in [2.75, 3.05) is 24.3 Å². The summed E-state index contributed by atoms with van der Waals surface area (Å²) >= 11 is 1.27. The van der Waals surface area contributed by atoms with Crippen LogP contribution < -0.4 is 14.8 Å². The van der Waals surface area contributed by atoms with Gasteiger partial charge in [-0.25, -0.2) is 4.39 Å². The summed E-state index contributed by atoms with van der Waals surface area (Å²) in [5.74, 6) is 1.48. The summed E-state index contributed by atoms with van der Waals surface area (Å²) in [4.78, 5) is 12.7. The van der Waals surface area contributed by atoms with E-state index in [-0.39, 0.29) is 17.5 Å². The number of carbonyl (C=O) groups excluding carboxylic acids is 1. The number of ether oxygens (including phenoxy) is 2. The highest BCUT2D eigenvalue weighted by molar-refractivity contribution is 7.99. The Morgan fingerprint density at radius 3 is 2.53 bits per heavy atom. The highest BCUT2D eigenvalue weighted by atomic mass is 32.2. The van der Waals surface area contributed by atoms with Gasteiger partial charge in [-0.15, -0.1) is 10.2 Å². The van der Waals surface area contributed by atoms with Crippen LogP contribution in [0.25, 0.3) is 17.1 Å². The summed E-state index contributed by atoms with van der Waals surface area (Å²) in [6.45, 7) is 1.18. The molecule has 0 saturated heterocycles. The topological polar surface area (TPSA) is 78.3 Å². The van der Waals surface area contributed by atoms with Gasteiger partial charge in [0.1, 0.15) is 5.82 Å². The van der Waals surface area contributed by atoms with Crippen molar-refractivity contribution in [2.45, 2.75) is 11.6 Å². The Morgan fingerprint density at radius 2 is 1.74 bits per heavy atom. The molecule has 2 heterocycles. The van der Waals surface area contributed by atoms with Crippen LogP contribution in [0.4, 0.5) is 10.1 Å². The number of benzene rings is 3. The number of hydrogen-bond acceptors (Lipinski definition) is 6. The maximum absolute atomic E-state index is 13.4. The number of carbonyl (C=O) groups is 1. The Balaban J connectivity index is 1.34. The van der Waals surface area contributed by atoms with Crippen molar-refractivity contribution < 1.29 is 18.7 Å². The van der Waals surface area contributed by atoms with Crippen molar-refractivity contribution in [1.29, 1.82) is 0 Å². The molecule has 0 unspecified atom stereocenters. The van der Waals surface area contributed by atoms with Crippen LogP contribution >= 0.6 is 11.8 Å². The van der Waals surface area contributed by atoms with Crippen molar-refractivity contribution in [3.8, 4) is 28.6 Å². The van der Waals surface area contributed by atoms with Gasteiger partial charge < -0.3 is 14.8 Å². The van der Waals surface area contributed by atoms with E-state index in [1.165, 1.54) is 23.9 Å². The summed E-state index contributed by atoms with van der Waals surface area (Å²) in [5.41, 5.74) is 2.20. The molecule has 34 heavy (non-hydrogen) atoms. The normalized spacial score (nSPS) is 12.7. The highest BCUT2D eigenvalue weighted by Crippen LogP contribution is 2.33. The van der Waals surface area contributed by atoms with Crippen molar-refractivity contribution >= 4 is 23.4 Å². The summed E-state index contributed by atoms with van der Waals surface area (Å²) in [7, 11) is 0. The lowest BCUT2D eigenvalue weighted by Crippen LogP contribution is -2.14. The summed E-state index contributed by atoms with van der Waals surface area (Å²) in [5, 5.41) is 12.1. The average molecular weight is 477 g/mol. The fourth-order valence-corrected chi connectivity index (χ4v) is 4.28. The minimum Gasteiger partial charge on any atom is -0.490 e. The van der Waals surface area contributed by atoms with Crippen LogP contribution in [-0.4, -0.2) is 39.6 Å². The first kappa shape index (κ1) is 22.0. The third-order valence-corrected chi connectivity index (χ3v) is 6.04. The minimum atomic E-state index is -0.324. The fraction of sp³-hybridized carbons (Fsp3) is 0.160. The predicted octanol–water partition coefficient (Wildman–Crippen LogP) is 4.97. The first-order chi connectivity index (χ1) is 16.7. The number of amides is 1. The molecule has 0 fully saturated rings. The number of aromatic nitrogens is 3. The summed E-state index contributed by atoms with van der Waals surface area (Å²) in [6, 6.07) is 21.0. The smallest absolute Gasteiger partial charge is 0.234 e. The van der Waals surface area contributed by atoms with Gasteiger partial charge in [-0.1, -0.05) is 30.0 Å². The van der Waals surface area contributed by atoms with Crippen LogP contribution in [0, 0.1) is 5.82 Å². The molecule has 172 valence electrons. The Kier molecular flexibility index (Phi) is 6.44. The SMILES string of the molecule is O=C(CSc1nnc(-c2ccc(F)cc2)n1-c1ccccc1)Nc1ccc2c(c1)OCCCO2. The molecule has 0 saturated carbocycles. The van der Waals surface area contributed by atoms with Crippen molar-refractivity contribution in [3.63, 3.8) is 0 Å². The van der Waals surface area contributed by atoms with E-state index in [1.54, 1.807) is 30.3 Å². The Morgan fingerprint density at radius 1 is 0.971 bits per heavy atom. The third-order valence-electron chi connectivity index (χ3n) is 5.11. The molecule has 0 bridgehead atoms. The number of halogens is 1. The van der Waals surface area contributed by atoms with Gasteiger partial charge in [0.05, 0.1) is 19.0 Å². The van der Waals surface area contributed by atoms with Gasteiger partial charge in [0.2, 0.25) is 5.91 Å². The molecule has 0 atom stereocenters. The Hall–Kier alpha value is -3.85. The molecule has 0 spiro atoms. The lowest BCUT2D eigenvalue weighted by Gasteiger charge is -2.11. The molecular formula is C25H21FN4O3S. The largest absolute Gasteiger partial charge is 0.490 e. The molecule has 1 aliphatic heterocycles. The van der Waals surface area contributed by atoms with Crippen molar-refractivity contribution in [2.24, 2.45) is 0 Å². The summed E-state index contributed by atoms with van der Waals surface area (Å²) in [6.07, 6.45) is 0.815. The number of rotatable bonds is 6. The molecule has 0 aliphatic carbocycles. The molecule has 1 aromatic heterocycles. The molecule has 4 aromatic rings. The number of fused-ring (bicyclic) bond motifs is 1. The van der Waals surface area contributed by atoms with Gasteiger partial charge in [-0.05, 0) is 48.5 Å². The molecular weight excluding hydrogens is 455 g/mol. The second-order valence-corrected chi connectivity index (χ2v) is 8.48. The molecule has 0 radical (unpaired) electrons. The van der Waals surface area contributed by atoms with Gasteiger partial charge in [0.15, 0.2) is 22.5 Å². The van der Waals surface area contributed by atoms with E-state index < -0.39 is 0 Å². The maximum Gasteiger partial charge on any atom is 0.234 e. The number of hydrogen-bond donors (Lipinski definition) is 1. The van der Waals surface area contributed by atoms with Gasteiger partial charge in [0.25, 0.3) is 0 Å². The van der Waals surface area contributed by atoms with E-state index in [9.17, 15) is 9.18 Å². The molecule has 7 nitrogen and oxygen atoms in total. The number of nitrogens with one attached hydrogen (secondary N) is 1. The van der Waals surface area contributed by atoms with Crippen LogP contribution in [0.3, 0.4) is 0 Å². The van der Waals surface area contributed by atoms with Crippen LogP contribution in [0.2, 0.25) is 0 Å². The van der Waals surface area contributed by atoms with Crippen LogP contribution in [-0.2, 0) is 4.79 Å². The van der Waals surface area contributed by atoms with Gasteiger partial charge >= 0.3 is 0 Å². The van der Waals surface area contributed by atoms with E-state index in [1.807, 2.05) is 34.9 Å². The number of thioether (sulfide) groups is 1. The Labute approximate surface area is 199 Å². The van der Waals surface area contributed by atoms with Crippen molar-refractivity contribution in [3.05, 3.63) is 78.6 Å². The minimum absolute atomic E-state index is 0.128. The molecule has 5 rings (SSSR count). The highest BCUT2D eigenvalue weighted by Gasteiger charge is 2.18. The maximum atomic E-state index is 13.4. The van der Waals surface area contributed by atoms with E-state index in [0.29, 0.717) is 41.4 Å². The van der Waals surface area contributed by atoms with Crippen LogP contribution in [0.15, 0.2) is 78.0 Å². The predicted molar refractivity (Wildman–Crippen MR) is 128 cm³/mol. The zero-order valence-electron chi connectivity index (χ0n) is 18.1. The van der Waals surface area contributed by atoms with E-state index in [4.69, 9.17) is 9.47 Å². The first-order valence-electron chi connectivity index (χ1n) is 10.8.